The highest BCUT2D eigenvalue weighted by molar-refractivity contribution is 7.18. The minimum Gasteiger partial charge on any atom is -0.322 e. The second-order valence-electron chi connectivity index (χ2n) is 5.09. The molecule has 0 fully saturated rings. The Balaban J connectivity index is 1.72. The molecular formula is C17H13N3O3S. The Morgan fingerprint density at radius 3 is 2.92 bits per heavy atom. The van der Waals surface area contributed by atoms with Crippen LogP contribution in [0.5, 0.6) is 0 Å². The Kier molecular flexibility index (Phi) is 4.35. The number of thiazole rings is 1. The first-order valence-corrected chi connectivity index (χ1v) is 7.93. The molecule has 0 atom stereocenters. The summed E-state index contributed by atoms with van der Waals surface area (Å²) in [6, 6.07) is 11.6. The molecule has 7 heteroatoms. The summed E-state index contributed by atoms with van der Waals surface area (Å²) in [7, 11) is 0. The number of aryl methyl sites for hydroxylation is 1. The van der Waals surface area contributed by atoms with Crippen molar-refractivity contribution >= 4 is 44.9 Å². The molecule has 0 unspecified atom stereocenters. The van der Waals surface area contributed by atoms with Crippen LogP contribution in [0.2, 0.25) is 0 Å². The van der Waals surface area contributed by atoms with Gasteiger partial charge in [0.1, 0.15) is 0 Å². The van der Waals surface area contributed by atoms with Gasteiger partial charge in [0.2, 0.25) is 5.91 Å². The van der Waals surface area contributed by atoms with Crippen LogP contribution in [0, 0.1) is 17.0 Å². The third kappa shape index (κ3) is 3.64. The number of rotatable bonds is 4. The van der Waals surface area contributed by atoms with Gasteiger partial charge in [0.05, 0.1) is 20.1 Å². The van der Waals surface area contributed by atoms with E-state index in [2.05, 4.69) is 10.3 Å². The lowest BCUT2D eigenvalue weighted by Gasteiger charge is -2.01. The van der Waals surface area contributed by atoms with E-state index in [1.807, 2.05) is 19.1 Å². The summed E-state index contributed by atoms with van der Waals surface area (Å²) in [5.74, 6) is -0.304. The average Bonchev–Trinajstić information content (AvgIpc) is 2.92. The van der Waals surface area contributed by atoms with Gasteiger partial charge in [0, 0.05) is 23.9 Å². The number of anilines is 1. The first kappa shape index (κ1) is 15.8. The van der Waals surface area contributed by atoms with Crippen LogP contribution in [0.4, 0.5) is 11.4 Å². The van der Waals surface area contributed by atoms with Crippen LogP contribution in [-0.4, -0.2) is 15.8 Å². The van der Waals surface area contributed by atoms with E-state index in [0.29, 0.717) is 11.3 Å². The van der Waals surface area contributed by atoms with E-state index >= 15 is 0 Å². The van der Waals surface area contributed by atoms with Crippen molar-refractivity contribution in [1.82, 2.24) is 4.98 Å². The molecule has 24 heavy (non-hydrogen) atoms. The van der Waals surface area contributed by atoms with Gasteiger partial charge in [-0.2, -0.15) is 0 Å². The zero-order valence-corrected chi connectivity index (χ0v) is 13.5. The SMILES string of the molecule is Cc1nc2ccc(NC(=O)C=Cc3cccc([N+](=O)[O-])c3)cc2s1. The van der Waals surface area contributed by atoms with Crippen LogP contribution >= 0.6 is 11.3 Å². The maximum atomic E-state index is 12.0. The number of nitro groups is 1. The smallest absolute Gasteiger partial charge is 0.270 e. The van der Waals surface area contributed by atoms with Gasteiger partial charge in [-0.15, -0.1) is 11.3 Å². The Bertz CT molecular complexity index is 963. The Morgan fingerprint density at radius 2 is 2.12 bits per heavy atom. The summed E-state index contributed by atoms with van der Waals surface area (Å²) in [5, 5.41) is 14.5. The van der Waals surface area contributed by atoms with Gasteiger partial charge >= 0.3 is 0 Å². The molecule has 1 heterocycles. The van der Waals surface area contributed by atoms with Crippen LogP contribution in [0.25, 0.3) is 16.3 Å². The van der Waals surface area contributed by atoms with E-state index in [9.17, 15) is 14.9 Å². The molecule has 1 aromatic heterocycles. The van der Waals surface area contributed by atoms with Crippen molar-refractivity contribution in [2.45, 2.75) is 6.92 Å². The van der Waals surface area contributed by atoms with E-state index in [-0.39, 0.29) is 11.6 Å². The summed E-state index contributed by atoms with van der Waals surface area (Å²) in [5.41, 5.74) is 2.17. The summed E-state index contributed by atoms with van der Waals surface area (Å²) >= 11 is 1.56. The Hall–Kier alpha value is -3.06. The quantitative estimate of drug-likeness (QED) is 0.439. The molecule has 0 aliphatic carbocycles. The molecule has 6 nitrogen and oxygen atoms in total. The van der Waals surface area contributed by atoms with Crippen LogP contribution in [0.15, 0.2) is 48.5 Å². The lowest BCUT2D eigenvalue weighted by atomic mass is 10.2. The highest BCUT2D eigenvalue weighted by atomic mass is 32.1. The van der Waals surface area contributed by atoms with Crippen LogP contribution in [0.1, 0.15) is 10.6 Å². The van der Waals surface area contributed by atoms with Crippen LogP contribution < -0.4 is 5.32 Å². The van der Waals surface area contributed by atoms with Crippen LogP contribution in [-0.2, 0) is 4.79 Å². The summed E-state index contributed by atoms with van der Waals surface area (Å²) in [6.45, 7) is 1.94. The molecule has 3 aromatic rings. The molecule has 0 bridgehead atoms. The molecule has 0 aliphatic heterocycles. The maximum absolute atomic E-state index is 12.0. The summed E-state index contributed by atoms with van der Waals surface area (Å²) < 4.78 is 1.01. The number of carbonyl (C=O) groups excluding carboxylic acids is 1. The second-order valence-corrected chi connectivity index (χ2v) is 6.32. The number of carbonyl (C=O) groups is 1. The molecule has 0 radical (unpaired) electrons. The lowest BCUT2D eigenvalue weighted by Crippen LogP contribution is -2.07. The van der Waals surface area contributed by atoms with Crippen molar-refractivity contribution in [3.8, 4) is 0 Å². The standard InChI is InChI=1S/C17H13N3O3S/c1-11-18-15-7-6-13(10-16(15)24-11)19-17(21)8-5-12-3-2-4-14(9-12)20(22)23/h2-10H,1H3,(H,19,21). The summed E-state index contributed by atoms with van der Waals surface area (Å²) in [6.07, 6.45) is 2.89. The largest absolute Gasteiger partial charge is 0.322 e. The van der Waals surface area contributed by atoms with E-state index in [1.165, 1.54) is 24.3 Å². The van der Waals surface area contributed by atoms with Gasteiger partial charge in [-0.3, -0.25) is 14.9 Å². The number of hydrogen-bond acceptors (Lipinski definition) is 5. The summed E-state index contributed by atoms with van der Waals surface area (Å²) in [4.78, 5) is 26.6. The maximum Gasteiger partial charge on any atom is 0.270 e. The van der Waals surface area contributed by atoms with Crippen molar-refractivity contribution in [2.24, 2.45) is 0 Å². The molecule has 0 spiro atoms. The van der Waals surface area contributed by atoms with Gasteiger partial charge in [0.15, 0.2) is 0 Å². The minimum atomic E-state index is -0.469. The lowest BCUT2D eigenvalue weighted by molar-refractivity contribution is -0.384. The van der Waals surface area contributed by atoms with Crippen LogP contribution in [0.3, 0.4) is 0 Å². The van der Waals surface area contributed by atoms with Gasteiger partial charge in [-0.25, -0.2) is 4.98 Å². The minimum absolute atomic E-state index is 0.0106. The van der Waals surface area contributed by atoms with E-state index in [0.717, 1.165) is 15.2 Å². The molecule has 2 aromatic carbocycles. The van der Waals surface area contributed by atoms with Gasteiger partial charge < -0.3 is 5.32 Å². The number of benzene rings is 2. The van der Waals surface area contributed by atoms with Gasteiger partial charge in [-0.1, -0.05) is 12.1 Å². The monoisotopic (exact) mass is 339 g/mol. The number of hydrogen-bond donors (Lipinski definition) is 1. The van der Waals surface area contributed by atoms with E-state index in [4.69, 9.17) is 0 Å². The fraction of sp³-hybridized carbons (Fsp3) is 0.0588. The molecule has 1 N–H and O–H groups in total. The first-order valence-electron chi connectivity index (χ1n) is 7.12. The normalized spacial score (nSPS) is 11.0. The molecule has 3 rings (SSSR count). The van der Waals surface area contributed by atoms with Gasteiger partial charge in [0.25, 0.3) is 5.69 Å². The van der Waals surface area contributed by atoms with Crippen molar-refractivity contribution in [3.63, 3.8) is 0 Å². The highest BCUT2D eigenvalue weighted by Gasteiger charge is 2.05. The molecule has 0 saturated heterocycles. The van der Waals surface area contributed by atoms with Crippen molar-refractivity contribution < 1.29 is 9.72 Å². The van der Waals surface area contributed by atoms with Crippen molar-refractivity contribution in [1.29, 1.82) is 0 Å². The number of fused-ring (bicyclic) bond motifs is 1. The zero-order chi connectivity index (χ0) is 17.1. The fourth-order valence-corrected chi connectivity index (χ4v) is 3.08. The average molecular weight is 339 g/mol. The number of nitro benzene ring substituents is 1. The van der Waals surface area contributed by atoms with Crippen molar-refractivity contribution in [3.05, 3.63) is 69.2 Å². The number of aromatic nitrogens is 1. The third-order valence-electron chi connectivity index (χ3n) is 3.27. The Labute approximate surface area is 141 Å². The van der Waals surface area contributed by atoms with E-state index in [1.54, 1.807) is 29.5 Å². The molecule has 1 amide bonds. The highest BCUT2D eigenvalue weighted by Crippen LogP contribution is 2.24. The van der Waals surface area contributed by atoms with Crippen molar-refractivity contribution in [2.75, 3.05) is 5.32 Å². The fourth-order valence-electron chi connectivity index (χ4n) is 2.22. The first-order chi connectivity index (χ1) is 11.5. The topological polar surface area (TPSA) is 85.1 Å². The zero-order valence-electron chi connectivity index (χ0n) is 12.7. The number of nitrogens with zero attached hydrogens (tertiary/aromatic N) is 2. The number of non-ortho nitro benzene ring substituents is 1. The van der Waals surface area contributed by atoms with Gasteiger partial charge in [-0.05, 0) is 36.8 Å². The molecule has 0 aliphatic rings. The predicted octanol–water partition coefficient (Wildman–Crippen LogP) is 4.16. The molecule has 0 saturated carbocycles. The predicted molar refractivity (Wildman–Crippen MR) is 95.1 cm³/mol. The third-order valence-corrected chi connectivity index (χ3v) is 4.20. The molecular weight excluding hydrogens is 326 g/mol. The molecule has 120 valence electrons. The van der Waals surface area contributed by atoms with E-state index < -0.39 is 4.92 Å². The Morgan fingerprint density at radius 1 is 1.29 bits per heavy atom. The second kappa shape index (κ2) is 6.59. The number of amides is 1. The number of nitrogens with one attached hydrogen (secondary N) is 1.